The Morgan fingerprint density at radius 1 is 1.13 bits per heavy atom. The number of hydrogen-bond donors (Lipinski definition) is 1. The summed E-state index contributed by atoms with van der Waals surface area (Å²) in [7, 11) is 1.53. The van der Waals surface area contributed by atoms with Gasteiger partial charge < -0.3 is 15.0 Å². The number of hydrogen-bond acceptors (Lipinski definition) is 4. The van der Waals surface area contributed by atoms with Crippen LogP contribution in [0.1, 0.15) is 32.8 Å². The van der Waals surface area contributed by atoms with Crippen LogP contribution in [-0.2, 0) is 16.0 Å². The summed E-state index contributed by atoms with van der Waals surface area (Å²) in [5, 5.41) is 2.83. The fraction of sp³-hybridized carbons (Fsp3) is 0.375. The average Bonchev–Trinajstić information content (AvgIpc) is 2.97. The van der Waals surface area contributed by atoms with Crippen LogP contribution in [0.15, 0.2) is 48.5 Å². The van der Waals surface area contributed by atoms with E-state index in [9.17, 15) is 14.4 Å². The summed E-state index contributed by atoms with van der Waals surface area (Å²) in [5.74, 6) is -0.0218. The van der Waals surface area contributed by atoms with E-state index in [0.717, 1.165) is 11.3 Å². The summed E-state index contributed by atoms with van der Waals surface area (Å²) in [5.41, 5.74) is 2.27. The second-order valence-electron chi connectivity index (χ2n) is 8.02. The summed E-state index contributed by atoms with van der Waals surface area (Å²) < 4.78 is 5.22. The molecule has 1 aliphatic rings. The maximum atomic E-state index is 13.2. The molecule has 0 spiro atoms. The predicted molar refractivity (Wildman–Crippen MR) is 120 cm³/mol. The van der Waals surface area contributed by atoms with E-state index >= 15 is 0 Å². The fourth-order valence-electron chi connectivity index (χ4n) is 3.63. The van der Waals surface area contributed by atoms with Crippen LogP contribution >= 0.6 is 0 Å². The molecule has 3 rings (SSSR count). The number of urea groups is 1. The summed E-state index contributed by atoms with van der Waals surface area (Å²) in [6, 6.07) is 13.1. The molecule has 2 aromatic rings. The molecule has 7 heteroatoms. The molecule has 0 saturated carbocycles. The monoisotopic (exact) mass is 423 g/mol. The molecule has 31 heavy (non-hydrogen) atoms. The normalized spacial score (nSPS) is 16.2. The second-order valence-corrected chi connectivity index (χ2v) is 8.02. The zero-order valence-corrected chi connectivity index (χ0v) is 18.4. The Bertz CT molecular complexity index is 956. The molecule has 0 aromatic heterocycles. The number of carbonyl (C=O) groups excluding carboxylic acids is 3. The highest BCUT2D eigenvalue weighted by Gasteiger charge is 2.46. The summed E-state index contributed by atoms with van der Waals surface area (Å²) in [4.78, 5) is 41.7. The van der Waals surface area contributed by atoms with Crippen LogP contribution in [0.3, 0.4) is 0 Å². The van der Waals surface area contributed by atoms with E-state index in [1.54, 1.807) is 24.3 Å². The van der Waals surface area contributed by atoms with E-state index < -0.39 is 18.0 Å². The molecule has 7 nitrogen and oxygen atoms in total. The lowest BCUT2D eigenvalue weighted by Gasteiger charge is -2.23. The first-order valence-corrected chi connectivity index (χ1v) is 10.5. The van der Waals surface area contributed by atoms with Crippen molar-refractivity contribution in [1.82, 2.24) is 4.90 Å². The number of nitrogens with zero attached hydrogens (tertiary/aromatic N) is 2. The van der Waals surface area contributed by atoms with Gasteiger partial charge in [-0.15, -0.1) is 0 Å². The quantitative estimate of drug-likeness (QED) is 0.649. The van der Waals surface area contributed by atoms with E-state index in [4.69, 9.17) is 4.74 Å². The Morgan fingerprint density at radius 2 is 1.84 bits per heavy atom. The van der Waals surface area contributed by atoms with Gasteiger partial charge >= 0.3 is 6.03 Å². The number of ether oxygens (including phenoxy) is 1. The molecule has 1 heterocycles. The van der Waals surface area contributed by atoms with Crippen LogP contribution in [-0.4, -0.2) is 42.4 Å². The van der Waals surface area contributed by atoms with Gasteiger partial charge in [-0.3, -0.25) is 9.59 Å². The Morgan fingerprint density at radius 3 is 2.45 bits per heavy atom. The van der Waals surface area contributed by atoms with Crippen molar-refractivity contribution in [3.8, 4) is 5.75 Å². The maximum absolute atomic E-state index is 13.2. The van der Waals surface area contributed by atoms with Gasteiger partial charge in [0.05, 0.1) is 19.2 Å². The van der Waals surface area contributed by atoms with Crippen LogP contribution < -0.4 is 15.0 Å². The SMILES string of the molecule is CCc1ccc(NC(=O)CC2C(=O)N(c3cccc(OC)c3)C(=O)N2CC(C)C)cc1. The molecular weight excluding hydrogens is 394 g/mol. The van der Waals surface area contributed by atoms with Gasteiger partial charge in [0, 0.05) is 18.3 Å². The molecule has 1 N–H and O–H groups in total. The van der Waals surface area contributed by atoms with Crippen LogP contribution in [0.4, 0.5) is 16.2 Å². The third kappa shape index (κ3) is 5.05. The van der Waals surface area contributed by atoms with E-state index in [2.05, 4.69) is 12.2 Å². The van der Waals surface area contributed by atoms with Crippen molar-refractivity contribution < 1.29 is 19.1 Å². The highest BCUT2D eigenvalue weighted by molar-refractivity contribution is 6.22. The fourth-order valence-corrected chi connectivity index (χ4v) is 3.63. The smallest absolute Gasteiger partial charge is 0.332 e. The van der Waals surface area contributed by atoms with Crippen molar-refractivity contribution in [2.75, 3.05) is 23.9 Å². The highest BCUT2D eigenvalue weighted by atomic mass is 16.5. The molecule has 0 bridgehead atoms. The van der Waals surface area contributed by atoms with E-state index in [1.807, 2.05) is 38.1 Å². The third-order valence-electron chi connectivity index (χ3n) is 5.22. The van der Waals surface area contributed by atoms with Crippen LogP contribution in [0.25, 0.3) is 0 Å². The molecule has 1 atom stereocenters. The van der Waals surface area contributed by atoms with E-state index in [0.29, 0.717) is 23.7 Å². The van der Waals surface area contributed by atoms with Crippen LogP contribution in [0, 0.1) is 5.92 Å². The number of amides is 4. The maximum Gasteiger partial charge on any atom is 0.332 e. The lowest BCUT2D eigenvalue weighted by atomic mass is 10.1. The minimum Gasteiger partial charge on any atom is -0.497 e. The Hall–Kier alpha value is -3.35. The number of nitrogens with one attached hydrogen (secondary N) is 1. The number of carbonyl (C=O) groups is 3. The molecule has 164 valence electrons. The van der Waals surface area contributed by atoms with Gasteiger partial charge in [0.15, 0.2) is 0 Å². The highest BCUT2D eigenvalue weighted by Crippen LogP contribution is 2.30. The second kappa shape index (κ2) is 9.64. The van der Waals surface area contributed by atoms with Gasteiger partial charge in [-0.2, -0.15) is 0 Å². The van der Waals surface area contributed by atoms with Crippen molar-refractivity contribution in [3.63, 3.8) is 0 Å². The summed E-state index contributed by atoms with van der Waals surface area (Å²) in [6.07, 6.45) is 0.810. The van der Waals surface area contributed by atoms with Gasteiger partial charge in [0.1, 0.15) is 11.8 Å². The number of methoxy groups -OCH3 is 1. The molecular formula is C24H29N3O4. The van der Waals surface area contributed by atoms with Crippen molar-refractivity contribution in [1.29, 1.82) is 0 Å². The lowest BCUT2D eigenvalue weighted by molar-refractivity contribution is -0.124. The minimum absolute atomic E-state index is 0.104. The van der Waals surface area contributed by atoms with Gasteiger partial charge in [-0.1, -0.05) is 39.0 Å². The molecule has 4 amide bonds. The number of aryl methyl sites for hydroxylation is 1. The Kier molecular flexibility index (Phi) is 6.95. The van der Waals surface area contributed by atoms with Crippen molar-refractivity contribution >= 4 is 29.2 Å². The first kappa shape index (κ1) is 22.3. The third-order valence-corrected chi connectivity index (χ3v) is 5.22. The number of imide groups is 1. The van der Waals surface area contributed by atoms with Crippen molar-refractivity contribution in [3.05, 3.63) is 54.1 Å². The van der Waals surface area contributed by atoms with E-state index in [1.165, 1.54) is 17.6 Å². The van der Waals surface area contributed by atoms with Crippen LogP contribution in [0.5, 0.6) is 5.75 Å². The Balaban J connectivity index is 1.81. The predicted octanol–water partition coefficient (Wildman–Crippen LogP) is 4.08. The molecule has 1 aliphatic heterocycles. The van der Waals surface area contributed by atoms with Gasteiger partial charge in [0.2, 0.25) is 5.91 Å². The van der Waals surface area contributed by atoms with Crippen molar-refractivity contribution in [2.45, 2.75) is 39.7 Å². The molecule has 1 unspecified atom stereocenters. The molecule has 1 fully saturated rings. The number of rotatable bonds is 8. The van der Waals surface area contributed by atoms with Crippen LogP contribution in [0.2, 0.25) is 0 Å². The largest absolute Gasteiger partial charge is 0.497 e. The molecule has 0 aliphatic carbocycles. The van der Waals surface area contributed by atoms with Gasteiger partial charge in [0.25, 0.3) is 5.91 Å². The van der Waals surface area contributed by atoms with Crippen molar-refractivity contribution in [2.24, 2.45) is 5.92 Å². The zero-order valence-electron chi connectivity index (χ0n) is 18.4. The molecule has 1 saturated heterocycles. The average molecular weight is 424 g/mol. The summed E-state index contributed by atoms with van der Waals surface area (Å²) in [6.45, 7) is 6.39. The zero-order chi connectivity index (χ0) is 22.5. The number of benzene rings is 2. The Labute approximate surface area is 183 Å². The lowest BCUT2D eigenvalue weighted by Crippen LogP contribution is -2.40. The topological polar surface area (TPSA) is 79.0 Å². The first-order chi connectivity index (χ1) is 14.8. The van der Waals surface area contributed by atoms with Gasteiger partial charge in [-0.25, -0.2) is 9.69 Å². The molecule has 0 radical (unpaired) electrons. The van der Waals surface area contributed by atoms with E-state index in [-0.39, 0.29) is 18.2 Å². The minimum atomic E-state index is -0.851. The van der Waals surface area contributed by atoms with Gasteiger partial charge in [-0.05, 0) is 42.2 Å². The number of anilines is 2. The molecule has 2 aromatic carbocycles. The standard InChI is InChI=1S/C24H29N3O4/c1-5-17-9-11-18(12-10-17)25-22(28)14-21-23(29)27(24(30)26(21)15-16(2)3)19-7-6-8-20(13-19)31-4/h6-13,16,21H,5,14-15H2,1-4H3,(H,25,28). The summed E-state index contributed by atoms with van der Waals surface area (Å²) >= 11 is 0. The first-order valence-electron chi connectivity index (χ1n) is 10.5.